The van der Waals surface area contributed by atoms with Crippen LogP contribution in [0.5, 0.6) is 0 Å². The molecule has 1 aromatic carbocycles. The maximum absolute atomic E-state index is 13.0. The van der Waals surface area contributed by atoms with Crippen molar-refractivity contribution in [2.75, 3.05) is 18.5 Å². The first kappa shape index (κ1) is 11.2. The van der Waals surface area contributed by atoms with Crippen LogP contribution in [0.2, 0.25) is 0 Å². The number of benzene rings is 1. The monoisotopic (exact) mass is 206 g/mol. The molecule has 0 N–H and O–H groups in total. The fraction of sp³-hybridized carbons (Fsp3) is 0.273. The molecule has 4 heteroatoms. The van der Waals surface area contributed by atoms with E-state index in [9.17, 15) is 9.18 Å². The lowest BCUT2D eigenvalue weighted by molar-refractivity contribution is -0.107. The molecule has 0 spiro atoms. The van der Waals surface area contributed by atoms with Crippen LogP contribution in [0.4, 0.5) is 10.1 Å². The number of hydrogen-bond acceptors (Lipinski definition) is 3. The van der Waals surface area contributed by atoms with Gasteiger partial charge in [0.15, 0.2) is 0 Å². The van der Waals surface area contributed by atoms with E-state index < -0.39 is 0 Å². The lowest BCUT2D eigenvalue weighted by Crippen LogP contribution is -2.20. The highest BCUT2D eigenvalue weighted by Gasteiger charge is 2.07. The summed E-state index contributed by atoms with van der Waals surface area (Å²) in [5.74, 6) is -0.387. The highest BCUT2D eigenvalue weighted by Crippen LogP contribution is 2.19. The Balaban J connectivity index is 2.95. The molecule has 1 rings (SSSR count). The zero-order valence-corrected chi connectivity index (χ0v) is 8.40. The second-order valence-electron chi connectivity index (χ2n) is 3.15. The molecule has 0 unspecified atom stereocenters. The predicted octanol–water partition coefficient (Wildman–Crippen LogP) is 1.72. The van der Waals surface area contributed by atoms with E-state index in [1.807, 2.05) is 6.07 Å². The van der Waals surface area contributed by atoms with Crippen molar-refractivity contribution in [1.29, 1.82) is 5.26 Å². The fourth-order valence-electron chi connectivity index (χ4n) is 1.28. The Morgan fingerprint density at radius 3 is 2.93 bits per heavy atom. The number of anilines is 1. The number of rotatable bonds is 4. The normalized spacial score (nSPS) is 9.40. The molecular weight excluding hydrogens is 195 g/mol. The molecule has 0 aromatic heterocycles. The van der Waals surface area contributed by atoms with E-state index in [1.165, 1.54) is 18.2 Å². The second-order valence-corrected chi connectivity index (χ2v) is 3.15. The summed E-state index contributed by atoms with van der Waals surface area (Å²) in [4.78, 5) is 11.9. The van der Waals surface area contributed by atoms with E-state index in [2.05, 4.69) is 0 Å². The van der Waals surface area contributed by atoms with E-state index in [0.29, 0.717) is 24.2 Å². The zero-order chi connectivity index (χ0) is 11.3. The molecule has 0 bridgehead atoms. The molecule has 0 saturated carbocycles. The molecule has 0 amide bonds. The first-order valence-corrected chi connectivity index (χ1v) is 4.53. The van der Waals surface area contributed by atoms with Crippen LogP contribution in [0.15, 0.2) is 18.2 Å². The van der Waals surface area contributed by atoms with E-state index in [4.69, 9.17) is 5.26 Å². The van der Waals surface area contributed by atoms with Crippen LogP contribution in [0.25, 0.3) is 0 Å². The van der Waals surface area contributed by atoms with Crippen LogP contribution in [-0.2, 0) is 4.79 Å². The molecule has 0 aliphatic rings. The highest BCUT2D eigenvalue weighted by atomic mass is 19.1. The van der Waals surface area contributed by atoms with E-state index in [1.54, 1.807) is 11.9 Å². The number of nitrogens with zero attached hydrogens (tertiary/aromatic N) is 2. The molecule has 0 aliphatic carbocycles. The minimum atomic E-state index is -0.387. The Morgan fingerprint density at radius 1 is 1.60 bits per heavy atom. The Kier molecular flexibility index (Phi) is 3.81. The summed E-state index contributed by atoms with van der Waals surface area (Å²) < 4.78 is 13.0. The standard InChI is InChI=1S/C11H11FN2O/c1-14(5-2-6-15)11-7-10(12)4-3-9(11)8-13/h3-4,6-7H,2,5H2,1H3. The number of halogens is 1. The molecule has 1 aromatic rings. The van der Waals surface area contributed by atoms with Gasteiger partial charge in [-0.3, -0.25) is 0 Å². The number of hydrogen-bond donors (Lipinski definition) is 0. The van der Waals surface area contributed by atoms with Crippen molar-refractivity contribution < 1.29 is 9.18 Å². The van der Waals surface area contributed by atoms with Crippen molar-refractivity contribution in [3.63, 3.8) is 0 Å². The number of nitriles is 1. The van der Waals surface area contributed by atoms with Crippen LogP contribution >= 0.6 is 0 Å². The molecule has 0 radical (unpaired) electrons. The van der Waals surface area contributed by atoms with Crippen molar-refractivity contribution in [2.45, 2.75) is 6.42 Å². The molecule has 0 atom stereocenters. The molecule has 15 heavy (non-hydrogen) atoms. The first-order valence-electron chi connectivity index (χ1n) is 4.53. The molecule has 0 saturated heterocycles. The molecular formula is C11H11FN2O. The Labute approximate surface area is 87.7 Å². The summed E-state index contributed by atoms with van der Waals surface area (Å²) >= 11 is 0. The van der Waals surface area contributed by atoms with Crippen molar-refractivity contribution >= 4 is 12.0 Å². The first-order chi connectivity index (χ1) is 7.19. The Bertz CT molecular complexity index is 398. The lowest BCUT2D eigenvalue weighted by atomic mass is 10.1. The van der Waals surface area contributed by atoms with Crippen LogP contribution in [0.3, 0.4) is 0 Å². The minimum absolute atomic E-state index is 0.359. The third-order valence-electron chi connectivity index (χ3n) is 2.07. The molecule has 0 heterocycles. The van der Waals surface area contributed by atoms with Gasteiger partial charge in [0, 0.05) is 20.0 Å². The summed E-state index contributed by atoms with van der Waals surface area (Å²) in [6, 6.07) is 5.96. The quantitative estimate of drug-likeness (QED) is 0.704. The summed E-state index contributed by atoms with van der Waals surface area (Å²) in [5, 5.41) is 8.81. The van der Waals surface area contributed by atoms with Gasteiger partial charge in [-0.25, -0.2) is 4.39 Å². The number of carbonyl (C=O) groups excluding carboxylic acids is 1. The molecule has 78 valence electrons. The molecule has 0 aliphatic heterocycles. The average Bonchev–Trinajstić information content (AvgIpc) is 2.25. The smallest absolute Gasteiger partial charge is 0.125 e. The summed E-state index contributed by atoms with van der Waals surface area (Å²) in [5.41, 5.74) is 0.921. The Morgan fingerprint density at radius 2 is 2.33 bits per heavy atom. The van der Waals surface area contributed by atoms with Gasteiger partial charge in [-0.1, -0.05) is 0 Å². The maximum atomic E-state index is 13.0. The van der Waals surface area contributed by atoms with Gasteiger partial charge in [-0.2, -0.15) is 5.26 Å². The van der Waals surface area contributed by atoms with Crippen LogP contribution in [-0.4, -0.2) is 19.9 Å². The average molecular weight is 206 g/mol. The van der Waals surface area contributed by atoms with Gasteiger partial charge in [-0.15, -0.1) is 0 Å². The third-order valence-corrected chi connectivity index (χ3v) is 2.07. The highest BCUT2D eigenvalue weighted by molar-refractivity contribution is 5.60. The van der Waals surface area contributed by atoms with Crippen molar-refractivity contribution in [3.05, 3.63) is 29.6 Å². The minimum Gasteiger partial charge on any atom is -0.373 e. The maximum Gasteiger partial charge on any atom is 0.125 e. The van der Waals surface area contributed by atoms with E-state index >= 15 is 0 Å². The van der Waals surface area contributed by atoms with Gasteiger partial charge in [0.2, 0.25) is 0 Å². The van der Waals surface area contributed by atoms with Crippen molar-refractivity contribution in [2.24, 2.45) is 0 Å². The molecule has 3 nitrogen and oxygen atoms in total. The van der Waals surface area contributed by atoms with Gasteiger partial charge in [0.1, 0.15) is 18.2 Å². The Hall–Kier alpha value is -1.89. The largest absolute Gasteiger partial charge is 0.373 e. The second kappa shape index (κ2) is 5.11. The third kappa shape index (κ3) is 2.78. The van der Waals surface area contributed by atoms with Gasteiger partial charge in [0.25, 0.3) is 0 Å². The van der Waals surface area contributed by atoms with E-state index in [0.717, 1.165) is 6.29 Å². The van der Waals surface area contributed by atoms with Crippen molar-refractivity contribution in [1.82, 2.24) is 0 Å². The van der Waals surface area contributed by atoms with Gasteiger partial charge in [0.05, 0.1) is 11.3 Å². The predicted molar refractivity (Wildman–Crippen MR) is 55.1 cm³/mol. The molecule has 0 fully saturated rings. The summed E-state index contributed by atoms with van der Waals surface area (Å²) in [6.07, 6.45) is 1.15. The van der Waals surface area contributed by atoms with E-state index in [-0.39, 0.29) is 5.82 Å². The zero-order valence-electron chi connectivity index (χ0n) is 8.40. The lowest BCUT2D eigenvalue weighted by Gasteiger charge is -2.19. The summed E-state index contributed by atoms with van der Waals surface area (Å²) in [6.45, 7) is 0.474. The van der Waals surface area contributed by atoms with Gasteiger partial charge in [-0.05, 0) is 18.2 Å². The van der Waals surface area contributed by atoms with Crippen LogP contribution in [0.1, 0.15) is 12.0 Å². The topological polar surface area (TPSA) is 44.1 Å². The van der Waals surface area contributed by atoms with Crippen molar-refractivity contribution in [3.8, 4) is 6.07 Å². The van der Waals surface area contributed by atoms with Gasteiger partial charge < -0.3 is 9.69 Å². The fourth-order valence-corrected chi connectivity index (χ4v) is 1.28. The SMILES string of the molecule is CN(CCC=O)c1cc(F)ccc1C#N. The van der Waals surface area contributed by atoms with Crippen LogP contribution < -0.4 is 4.90 Å². The van der Waals surface area contributed by atoms with Gasteiger partial charge >= 0.3 is 0 Å². The summed E-state index contributed by atoms with van der Waals surface area (Å²) in [7, 11) is 1.72. The number of aldehydes is 1. The number of carbonyl (C=O) groups is 1. The van der Waals surface area contributed by atoms with Crippen LogP contribution in [0, 0.1) is 17.1 Å².